The summed E-state index contributed by atoms with van der Waals surface area (Å²) in [6, 6.07) is 7.98. The standard InChI is InChI=1S/C15H24N2O/c1-5-12-8-6-7-9-14(12)17-15(18)13(10-16-4)11(2)3/h6-9,11,13,16H,5,10H2,1-4H3,(H,17,18). The second-order valence-corrected chi connectivity index (χ2v) is 4.91. The Morgan fingerprint density at radius 2 is 1.94 bits per heavy atom. The molecule has 2 N–H and O–H groups in total. The molecule has 0 aliphatic rings. The van der Waals surface area contributed by atoms with Gasteiger partial charge < -0.3 is 10.6 Å². The van der Waals surface area contributed by atoms with E-state index in [2.05, 4.69) is 37.5 Å². The van der Waals surface area contributed by atoms with E-state index in [4.69, 9.17) is 0 Å². The molecule has 1 amide bonds. The fraction of sp³-hybridized carbons (Fsp3) is 0.533. The van der Waals surface area contributed by atoms with E-state index in [-0.39, 0.29) is 11.8 Å². The summed E-state index contributed by atoms with van der Waals surface area (Å²) in [5, 5.41) is 6.13. The fourth-order valence-electron chi connectivity index (χ4n) is 2.03. The van der Waals surface area contributed by atoms with Gasteiger partial charge in [0.15, 0.2) is 0 Å². The molecule has 0 spiro atoms. The van der Waals surface area contributed by atoms with E-state index >= 15 is 0 Å². The van der Waals surface area contributed by atoms with Gasteiger partial charge in [-0.25, -0.2) is 0 Å². The quantitative estimate of drug-likeness (QED) is 0.812. The van der Waals surface area contributed by atoms with Crippen molar-refractivity contribution in [1.29, 1.82) is 0 Å². The highest BCUT2D eigenvalue weighted by Crippen LogP contribution is 2.18. The summed E-state index contributed by atoms with van der Waals surface area (Å²) < 4.78 is 0. The SMILES string of the molecule is CCc1ccccc1NC(=O)C(CNC)C(C)C. The van der Waals surface area contributed by atoms with Crippen LogP contribution in [0.4, 0.5) is 5.69 Å². The average molecular weight is 248 g/mol. The van der Waals surface area contributed by atoms with Crippen LogP contribution in [0.3, 0.4) is 0 Å². The minimum Gasteiger partial charge on any atom is -0.326 e. The lowest BCUT2D eigenvalue weighted by Gasteiger charge is -2.20. The second kappa shape index (κ2) is 7.17. The Morgan fingerprint density at radius 3 is 2.50 bits per heavy atom. The van der Waals surface area contributed by atoms with Gasteiger partial charge in [-0.2, -0.15) is 0 Å². The highest BCUT2D eigenvalue weighted by molar-refractivity contribution is 5.93. The number of rotatable bonds is 6. The summed E-state index contributed by atoms with van der Waals surface area (Å²) >= 11 is 0. The molecule has 0 bridgehead atoms. The summed E-state index contributed by atoms with van der Waals surface area (Å²) in [6.07, 6.45) is 0.925. The van der Waals surface area contributed by atoms with E-state index < -0.39 is 0 Å². The van der Waals surface area contributed by atoms with Crippen molar-refractivity contribution in [2.24, 2.45) is 11.8 Å². The third-order valence-electron chi connectivity index (χ3n) is 3.22. The van der Waals surface area contributed by atoms with Crippen molar-refractivity contribution in [1.82, 2.24) is 5.32 Å². The summed E-state index contributed by atoms with van der Waals surface area (Å²) in [4.78, 5) is 12.3. The first-order valence-corrected chi connectivity index (χ1v) is 6.63. The van der Waals surface area contributed by atoms with Crippen LogP contribution < -0.4 is 10.6 Å². The first-order chi connectivity index (χ1) is 8.60. The van der Waals surface area contributed by atoms with Crippen LogP contribution in [0.5, 0.6) is 0 Å². The Kier molecular flexibility index (Phi) is 5.86. The Labute approximate surface area is 110 Å². The first-order valence-electron chi connectivity index (χ1n) is 6.63. The van der Waals surface area contributed by atoms with E-state index in [1.807, 2.05) is 25.2 Å². The van der Waals surface area contributed by atoms with Gasteiger partial charge in [0.25, 0.3) is 0 Å². The molecule has 0 fully saturated rings. The molecule has 1 unspecified atom stereocenters. The van der Waals surface area contributed by atoms with Gasteiger partial charge >= 0.3 is 0 Å². The van der Waals surface area contributed by atoms with E-state index in [9.17, 15) is 4.79 Å². The number of carbonyl (C=O) groups is 1. The zero-order valence-electron chi connectivity index (χ0n) is 11.8. The molecule has 1 aromatic rings. The summed E-state index contributed by atoms with van der Waals surface area (Å²) in [5.41, 5.74) is 2.12. The van der Waals surface area contributed by atoms with Gasteiger partial charge in [0, 0.05) is 12.2 Å². The predicted octanol–water partition coefficient (Wildman–Crippen LogP) is 2.68. The third-order valence-corrected chi connectivity index (χ3v) is 3.22. The number of carbonyl (C=O) groups excluding carboxylic acids is 1. The molecule has 1 rings (SSSR count). The third kappa shape index (κ3) is 3.84. The lowest BCUT2D eigenvalue weighted by atomic mass is 9.94. The van der Waals surface area contributed by atoms with Crippen LogP contribution >= 0.6 is 0 Å². The van der Waals surface area contributed by atoms with Crippen LogP contribution in [0.2, 0.25) is 0 Å². The predicted molar refractivity (Wildman–Crippen MR) is 76.7 cm³/mol. The van der Waals surface area contributed by atoms with E-state index in [1.54, 1.807) is 0 Å². The van der Waals surface area contributed by atoms with Crippen LogP contribution in [-0.2, 0) is 11.2 Å². The molecule has 0 saturated carbocycles. The molecule has 0 heterocycles. The molecule has 100 valence electrons. The normalized spacial score (nSPS) is 12.5. The van der Waals surface area contributed by atoms with Crippen molar-refractivity contribution < 1.29 is 4.79 Å². The Hall–Kier alpha value is -1.35. The van der Waals surface area contributed by atoms with Gasteiger partial charge in [-0.3, -0.25) is 4.79 Å². The maximum absolute atomic E-state index is 12.3. The number of amides is 1. The number of nitrogens with one attached hydrogen (secondary N) is 2. The lowest BCUT2D eigenvalue weighted by Crippen LogP contribution is -2.34. The first kappa shape index (κ1) is 14.7. The minimum atomic E-state index is -0.0000813. The molecular formula is C15H24N2O. The molecule has 1 atom stereocenters. The number of aryl methyl sites for hydroxylation is 1. The topological polar surface area (TPSA) is 41.1 Å². The molecule has 0 aliphatic carbocycles. The summed E-state index contributed by atoms with van der Waals surface area (Å²) in [6.45, 7) is 6.96. The zero-order valence-corrected chi connectivity index (χ0v) is 11.8. The number of hydrogen-bond donors (Lipinski definition) is 2. The molecule has 0 saturated heterocycles. The van der Waals surface area contributed by atoms with E-state index in [0.29, 0.717) is 12.5 Å². The van der Waals surface area contributed by atoms with Crippen LogP contribution in [0.25, 0.3) is 0 Å². The maximum atomic E-state index is 12.3. The molecule has 18 heavy (non-hydrogen) atoms. The van der Waals surface area contributed by atoms with Crippen molar-refractivity contribution in [3.63, 3.8) is 0 Å². The lowest BCUT2D eigenvalue weighted by molar-refractivity contribution is -0.120. The fourth-order valence-corrected chi connectivity index (χ4v) is 2.03. The molecule has 3 heteroatoms. The molecular weight excluding hydrogens is 224 g/mol. The Morgan fingerprint density at radius 1 is 1.28 bits per heavy atom. The molecule has 0 aromatic heterocycles. The molecule has 0 aliphatic heterocycles. The smallest absolute Gasteiger partial charge is 0.229 e. The number of benzene rings is 1. The highest BCUT2D eigenvalue weighted by Gasteiger charge is 2.21. The second-order valence-electron chi connectivity index (χ2n) is 4.91. The van der Waals surface area contributed by atoms with Gasteiger partial charge in [-0.15, -0.1) is 0 Å². The van der Waals surface area contributed by atoms with E-state index in [1.165, 1.54) is 5.56 Å². The van der Waals surface area contributed by atoms with Crippen LogP contribution in [-0.4, -0.2) is 19.5 Å². The van der Waals surface area contributed by atoms with Gasteiger partial charge in [0.2, 0.25) is 5.91 Å². The molecule has 1 aromatic carbocycles. The van der Waals surface area contributed by atoms with Crippen molar-refractivity contribution >= 4 is 11.6 Å². The van der Waals surface area contributed by atoms with Gasteiger partial charge in [-0.05, 0) is 31.0 Å². The number of para-hydroxylation sites is 1. The summed E-state index contributed by atoms with van der Waals surface area (Å²) in [7, 11) is 1.88. The van der Waals surface area contributed by atoms with Crippen molar-refractivity contribution in [3.8, 4) is 0 Å². The van der Waals surface area contributed by atoms with Crippen LogP contribution in [0, 0.1) is 11.8 Å². The molecule has 0 radical (unpaired) electrons. The largest absolute Gasteiger partial charge is 0.326 e. The number of hydrogen-bond acceptors (Lipinski definition) is 2. The zero-order chi connectivity index (χ0) is 13.5. The van der Waals surface area contributed by atoms with E-state index in [0.717, 1.165) is 12.1 Å². The van der Waals surface area contributed by atoms with Crippen LogP contribution in [0.1, 0.15) is 26.3 Å². The van der Waals surface area contributed by atoms with Gasteiger partial charge in [0.1, 0.15) is 0 Å². The van der Waals surface area contributed by atoms with Crippen molar-refractivity contribution in [2.45, 2.75) is 27.2 Å². The van der Waals surface area contributed by atoms with Gasteiger partial charge in [-0.1, -0.05) is 39.0 Å². The van der Waals surface area contributed by atoms with Crippen molar-refractivity contribution in [2.75, 3.05) is 18.9 Å². The summed E-state index contributed by atoms with van der Waals surface area (Å²) in [5.74, 6) is 0.423. The minimum absolute atomic E-state index is 0.0000813. The average Bonchev–Trinajstić information content (AvgIpc) is 2.36. The monoisotopic (exact) mass is 248 g/mol. The Bertz CT molecular complexity index is 388. The van der Waals surface area contributed by atoms with Crippen molar-refractivity contribution in [3.05, 3.63) is 29.8 Å². The Balaban J connectivity index is 2.79. The van der Waals surface area contributed by atoms with Gasteiger partial charge in [0.05, 0.1) is 5.92 Å². The molecule has 3 nitrogen and oxygen atoms in total. The number of anilines is 1. The highest BCUT2D eigenvalue weighted by atomic mass is 16.1. The maximum Gasteiger partial charge on any atom is 0.229 e. The van der Waals surface area contributed by atoms with Crippen LogP contribution in [0.15, 0.2) is 24.3 Å².